The van der Waals surface area contributed by atoms with Gasteiger partial charge in [-0.15, -0.1) is 0 Å². The quantitative estimate of drug-likeness (QED) is 0.385. The van der Waals surface area contributed by atoms with Crippen molar-refractivity contribution in [2.24, 2.45) is 0 Å². The van der Waals surface area contributed by atoms with Crippen molar-refractivity contribution >= 4 is 11.0 Å². The first-order valence-electron chi connectivity index (χ1n) is 9.23. The van der Waals surface area contributed by atoms with Crippen LogP contribution in [0.25, 0.3) is 11.0 Å². The number of aliphatic hydroxyl groups is 1. The molecule has 0 bridgehead atoms. The molecule has 27 heavy (non-hydrogen) atoms. The number of fused-ring (bicyclic) bond motifs is 1. The van der Waals surface area contributed by atoms with E-state index >= 15 is 0 Å². The average molecular weight is 372 g/mol. The molecule has 2 rings (SSSR count). The summed E-state index contributed by atoms with van der Waals surface area (Å²) in [5.41, 5.74) is 2.46. The first kappa shape index (κ1) is 20.8. The first-order valence-corrected chi connectivity index (χ1v) is 9.23. The molecule has 2 aromatic rings. The molecule has 5 heteroatoms. The Labute approximate surface area is 159 Å². The molecule has 1 aromatic carbocycles. The van der Waals surface area contributed by atoms with Gasteiger partial charge in [0.1, 0.15) is 17.1 Å². The second-order valence-corrected chi connectivity index (χ2v) is 6.88. The van der Waals surface area contributed by atoms with E-state index in [4.69, 9.17) is 14.3 Å². The van der Waals surface area contributed by atoms with Gasteiger partial charge in [-0.2, -0.15) is 0 Å². The Morgan fingerprint density at radius 3 is 2.70 bits per heavy atom. The number of hydrogen-bond donors (Lipinski definition) is 2. The van der Waals surface area contributed by atoms with Crippen LogP contribution >= 0.6 is 0 Å². The van der Waals surface area contributed by atoms with E-state index in [1.54, 1.807) is 18.2 Å². The number of aliphatic hydroxyl groups excluding tert-OH is 1. The van der Waals surface area contributed by atoms with Crippen LogP contribution in [-0.4, -0.2) is 23.4 Å². The summed E-state index contributed by atoms with van der Waals surface area (Å²) in [6.07, 6.45) is 6.87. The third kappa shape index (κ3) is 6.00. The lowest BCUT2D eigenvalue weighted by molar-refractivity contribution is 0.233. The van der Waals surface area contributed by atoms with E-state index < -0.39 is 5.63 Å². The van der Waals surface area contributed by atoms with E-state index in [9.17, 15) is 9.90 Å². The number of ether oxygens (including phenoxy) is 1. The van der Waals surface area contributed by atoms with Gasteiger partial charge in [0.25, 0.3) is 0 Å². The van der Waals surface area contributed by atoms with Gasteiger partial charge < -0.3 is 19.4 Å². The molecule has 146 valence electrons. The Hall–Kier alpha value is -2.53. The predicted octanol–water partition coefficient (Wildman–Crippen LogP) is 4.50. The fourth-order valence-electron chi connectivity index (χ4n) is 2.69. The van der Waals surface area contributed by atoms with E-state index in [-0.39, 0.29) is 23.5 Å². The second kappa shape index (κ2) is 9.97. The van der Waals surface area contributed by atoms with Gasteiger partial charge in [-0.25, -0.2) is 4.79 Å². The highest BCUT2D eigenvalue weighted by molar-refractivity contribution is 5.85. The molecule has 5 nitrogen and oxygen atoms in total. The Morgan fingerprint density at radius 2 is 2.00 bits per heavy atom. The monoisotopic (exact) mass is 372 g/mol. The van der Waals surface area contributed by atoms with Crippen LogP contribution in [0.3, 0.4) is 0 Å². The van der Waals surface area contributed by atoms with Crippen LogP contribution in [0.4, 0.5) is 0 Å². The lowest BCUT2D eigenvalue weighted by atomic mass is 10.1. The fourth-order valence-corrected chi connectivity index (χ4v) is 2.69. The van der Waals surface area contributed by atoms with E-state index in [0.717, 1.165) is 12.8 Å². The number of hydrogen-bond acceptors (Lipinski definition) is 5. The summed E-state index contributed by atoms with van der Waals surface area (Å²) < 4.78 is 10.9. The Balaban J connectivity index is 2.19. The molecule has 1 aromatic heterocycles. The van der Waals surface area contributed by atoms with E-state index in [0.29, 0.717) is 30.6 Å². The number of rotatable bonds is 9. The molecule has 0 atom stereocenters. The van der Waals surface area contributed by atoms with Crippen molar-refractivity contribution in [1.82, 2.24) is 0 Å². The van der Waals surface area contributed by atoms with Gasteiger partial charge >= 0.3 is 5.63 Å². The molecule has 0 saturated carbocycles. The summed E-state index contributed by atoms with van der Waals surface area (Å²) in [6.45, 7) is 6.58. The van der Waals surface area contributed by atoms with E-state index in [1.807, 2.05) is 13.0 Å². The lowest BCUT2D eigenvalue weighted by Crippen LogP contribution is -2.07. The van der Waals surface area contributed by atoms with Crippen molar-refractivity contribution in [1.29, 1.82) is 0 Å². The summed E-state index contributed by atoms with van der Waals surface area (Å²) in [6, 6.07) is 4.97. The molecule has 0 aliphatic heterocycles. The van der Waals surface area contributed by atoms with Gasteiger partial charge in [-0.1, -0.05) is 23.3 Å². The van der Waals surface area contributed by atoms with Crippen molar-refractivity contribution in [3.05, 3.63) is 57.5 Å². The van der Waals surface area contributed by atoms with Crippen LogP contribution in [0.2, 0.25) is 0 Å². The molecule has 0 saturated heterocycles. The SMILES string of the molecule is CC(C)=CCC/C(C)=C/Cc1c(O)c2ccc(OCCCO)cc2oc1=O. The van der Waals surface area contributed by atoms with Crippen LogP contribution < -0.4 is 10.4 Å². The zero-order valence-electron chi connectivity index (χ0n) is 16.2. The number of allylic oxidation sites excluding steroid dienone is 4. The second-order valence-electron chi connectivity index (χ2n) is 6.88. The van der Waals surface area contributed by atoms with Gasteiger partial charge in [0.2, 0.25) is 0 Å². The van der Waals surface area contributed by atoms with Crippen molar-refractivity contribution in [3.8, 4) is 11.5 Å². The zero-order valence-corrected chi connectivity index (χ0v) is 16.2. The van der Waals surface area contributed by atoms with Gasteiger partial charge in [-0.3, -0.25) is 0 Å². The molecule has 0 radical (unpaired) electrons. The number of aromatic hydroxyl groups is 1. The topological polar surface area (TPSA) is 79.9 Å². The van der Waals surface area contributed by atoms with Crippen LogP contribution in [0.15, 0.2) is 50.7 Å². The van der Waals surface area contributed by atoms with Crippen molar-refractivity contribution in [2.45, 2.75) is 46.5 Å². The predicted molar refractivity (Wildman–Crippen MR) is 107 cm³/mol. The minimum atomic E-state index is -0.541. The molecule has 0 spiro atoms. The van der Waals surface area contributed by atoms with Crippen LogP contribution in [-0.2, 0) is 6.42 Å². The average Bonchev–Trinajstić information content (AvgIpc) is 2.61. The third-order valence-corrected chi connectivity index (χ3v) is 4.26. The van der Waals surface area contributed by atoms with Crippen molar-refractivity contribution in [2.75, 3.05) is 13.2 Å². The first-order chi connectivity index (χ1) is 12.9. The maximum Gasteiger partial charge on any atom is 0.343 e. The fraction of sp³-hybridized carbons (Fsp3) is 0.409. The molecule has 1 heterocycles. The number of benzene rings is 1. The standard InChI is InChI=1S/C22H28O5/c1-15(2)6-4-7-16(3)8-10-19-21(24)18-11-9-17(26-13-5-12-23)14-20(18)27-22(19)25/h6,8-9,11,14,23-24H,4-5,7,10,12-13H2,1-3H3/b16-8+. The summed E-state index contributed by atoms with van der Waals surface area (Å²) in [7, 11) is 0. The molecule has 2 N–H and O–H groups in total. The normalized spacial score (nSPS) is 11.6. The molecule has 0 unspecified atom stereocenters. The summed E-state index contributed by atoms with van der Waals surface area (Å²) in [5, 5.41) is 19.8. The maximum atomic E-state index is 12.3. The molecule has 0 aliphatic rings. The molecular formula is C22H28O5. The summed E-state index contributed by atoms with van der Waals surface area (Å²) in [5.74, 6) is 0.484. The van der Waals surface area contributed by atoms with Crippen LogP contribution in [0, 0.1) is 0 Å². The molecular weight excluding hydrogens is 344 g/mol. The van der Waals surface area contributed by atoms with Gasteiger partial charge in [0.05, 0.1) is 17.6 Å². The third-order valence-electron chi connectivity index (χ3n) is 4.26. The highest BCUT2D eigenvalue weighted by Gasteiger charge is 2.13. The Kier molecular flexibility index (Phi) is 7.67. The van der Waals surface area contributed by atoms with E-state index in [1.165, 1.54) is 11.1 Å². The highest BCUT2D eigenvalue weighted by atomic mass is 16.5. The highest BCUT2D eigenvalue weighted by Crippen LogP contribution is 2.29. The minimum Gasteiger partial charge on any atom is -0.507 e. The summed E-state index contributed by atoms with van der Waals surface area (Å²) >= 11 is 0. The van der Waals surface area contributed by atoms with Gasteiger partial charge in [0, 0.05) is 25.5 Å². The van der Waals surface area contributed by atoms with Crippen LogP contribution in [0.5, 0.6) is 11.5 Å². The van der Waals surface area contributed by atoms with Crippen molar-refractivity contribution in [3.63, 3.8) is 0 Å². The molecule has 0 aliphatic carbocycles. The summed E-state index contributed by atoms with van der Waals surface area (Å²) in [4.78, 5) is 12.3. The van der Waals surface area contributed by atoms with E-state index in [2.05, 4.69) is 19.9 Å². The van der Waals surface area contributed by atoms with Gasteiger partial charge in [0.15, 0.2) is 0 Å². The zero-order chi connectivity index (χ0) is 19.8. The van der Waals surface area contributed by atoms with Crippen molar-refractivity contribution < 1.29 is 19.4 Å². The smallest absolute Gasteiger partial charge is 0.343 e. The largest absolute Gasteiger partial charge is 0.507 e. The minimum absolute atomic E-state index is 0.0449. The molecule has 0 fully saturated rings. The molecule has 0 amide bonds. The van der Waals surface area contributed by atoms with Crippen LogP contribution in [0.1, 0.15) is 45.6 Å². The Bertz CT molecular complexity index is 885. The van der Waals surface area contributed by atoms with Gasteiger partial charge in [-0.05, 0) is 45.7 Å². The maximum absolute atomic E-state index is 12.3. The lowest BCUT2D eigenvalue weighted by Gasteiger charge is -2.08. The Morgan fingerprint density at radius 1 is 1.22 bits per heavy atom.